The van der Waals surface area contributed by atoms with Gasteiger partial charge < -0.3 is 15.8 Å². The number of nitrogens with one attached hydrogen (secondary N) is 1. The second kappa shape index (κ2) is 7.50. The van der Waals surface area contributed by atoms with Crippen molar-refractivity contribution in [3.63, 3.8) is 0 Å². The van der Waals surface area contributed by atoms with Crippen LogP contribution in [-0.2, 0) is 4.74 Å². The first-order valence-electron chi connectivity index (χ1n) is 5.91. The van der Waals surface area contributed by atoms with E-state index in [2.05, 4.69) is 5.32 Å². The van der Waals surface area contributed by atoms with E-state index in [1.165, 1.54) is 12.1 Å². The number of nitrogens with two attached hydrogens (primary N) is 1. The zero-order valence-corrected chi connectivity index (χ0v) is 10.5. The average Bonchev–Trinajstić information content (AvgIpc) is 2.33. The van der Waals surface area contributed by atoms with Crippen molar-refractivity contribution in [1.82, 2.24) is 0 Å². The Morgan fingerprint density at radius 3 is 2.78 bits per heavy atom. The third-order valence-corrected chi connectivity index (χ3v) is 2.51. The van der Waals surface area contributed by atoms with Crippen molar-refractivity contribution in [1.29, 1.82) is 0 Å². The number of nitro benzene ring substituents is 1. The molecule has 0 aliphatic carbocycles. The van der Waals surface area contributed by atoms with Gasteiger partial charge in [0.1, 0.15) is 0 Å². The Labute approximate surface area is 106 Å². The van der Waals surface area contributed by atoms with Crippen molar-refractivity contribution in [2.45, 2.75) is 19.3 Å². The number of hydrogen-bond acceptors (Lipinski definition) is 5. The monoisotopic (exact) mass is 253 g/mol. The number of benzene rings is 1. The molecule has 0 spiro atoms. The molecule has 6 nitrogen and oxygen atoms in total. The fourth-order valence-electron chi connectivity index (χ4n) is 1.62. The molecule has 1 aromatic carbocycles. The maximum Gasteiger partial charge on any atom is 0.273 e. The number of non-ortho nitro benzene ring substituents is 1. The van der Waals surface area contributed by atoms with Crippen LogP contribution in [0.1, 0.15) is 19.3 Å². The third-order valence-electron chi connectivity index (χ3n) is 2.51. The van der Waals surface area contributed by atoms with Crippen LogP contribution in [0.2, 0.25) is 0 Å². The summed E-state index contributed by atoms with van der Waals surface area (Å²) in [5, 5.41) is 13.8. The van der Waals surface area contributed by atoms with Crippen molar-refractivity contribution in [3.05, 3.63) is 28.3 Å². The van der Waals surface area contributed by atoms with Gasteiger partial charge in [-0.25, -0.2) is 0 Å². The van der Waals surface area contributed by atoms with E-state index in [1.807, 2.05) is 0 Å². The van der Waals surface area contributed by atoms with Gasteiger partial charge in [-0.3, -0.25) is 10.1 Å². The summed E-state index contributed by atoms with van der Waals surface area (Å²) in [6.45, 7) is 1.54. The molecular formula is C12H19N3O3. The topological polar surface area (TPSA) is 90.4 Å². The summed E-state index contributed by atoms with van der Waals surface area (Å²) in [6, 6.07) is 4.54. The van der Waals surface area contributed by atoms with E-state index in [0.29, 0.717) is 11.4 Å². The smallest absolute Gasteiger partial charge is 0.273 e. The summed E-state index contributed by atoms with van der Waals surface area (Å²) >= 11 is 0. The van der Waals surface area contributed by atoms with Gasteiger partial charge in [-0.1, -0.05) is 0 Å². The number of rotatable bonds is 8. The van der Waals surface area contributed by atoms with Gasteiger partial charge in [0.2, 0.25) is 0 Å². The van der Waals surface area contributed by atoms with E-state index in [0.717, 1.165) is 32.4 Å². The molecule has 18 heavy (non-hydrogen) atoms. The summed E-state index contributed by atoms with van der Waals surface area (Å²) in [4.78, 5) is 10.2. The normalized spacial score (nSPS) is 10.3. The van der Waals surface area contributed by atoms with E-state index in [4.69, 9.17) is 10.5 Å². The van der Waals surface area contributed by atoms with Crippen LogP contribution in [0.25, 0.3) is 0 Å². The molecule has 1 aromatic rings. The Hall–Kier alpha value is -1.82. The molecule has 0 aliphatic heterocycles. The van der Waals surface area contributed by atoms with E-state index in [9.17, 15) is 10.1 Å². The van der Waals surface area contributed by atoms with Crippen LogP contribution in [0.5, 0.6) is 0 Å². The molecule has 0 saturated carbocycles. The number of anilines is 2. The predicted molar refractivity (Wildman–Crippen MR) is 71.7 cm³/mol. The van der Waals surface area contributed by atoms with E-state index < -0.39 is 4.92 Å². The number of nitrogens with zero attached hydrogens (tertiary/aromatic N) is 1. The Balaban J connectivity index is 2.40. The van der Waals surface area contributed by atoms with Crippen LogP contribution < -0.4 is 11.1 Å². The third kappa shape index (κ3) is 5.01. The lowest BCUT2D eigenvalue weighted by molar-refractivity contribution is -0.384. The molecule has 0 unspecified atom stereocenters. The number of nitrogen functional groups attached to an aromatic ring is 1. The van der Waals surface area contributed by atoms with Crippen molar-refractivity contribution >= 4 is 17.1 Å². The first-order valence-corrected chi connectivity index (χ1v) is 5.91. The van der Waals surface area contributed by atoms with Crippen LogP contribution in [0.4, 0.5) is 17.1 Å². The zero-order valence-electron chi connectivity index (χ0n) is 10.5. The SMILES string of the molecule is COCCCCCNc1cc(N)cc([N+](=O)[O-])c1. The molecule has 0 amide bonds. The largest absolute Gasteiger partial charge is 0.398 e. The van der Waals surface area contributed by atoms with Crippen molar-refractivity contribution < 1.29 is 9.66 Å². The Bertz CT molecular complexity index is 396. The molecule has 0 aliphatic rings. The van der Waals surface area contributed by atoms with Crippen LogP contribution in [0.3, 0.4) is 0 Å². The lowest BCUT2D eigenvalue weighted by Gasteiger charge is -2.07. The summed E-state index contributed by atoms with van der Waals surface area (Å²) < 4.78 is 4.95. The van der Waals surface area contributed by atoms with Crippen LogP contribution in [0.15, 0.2) is 18.2 Å². The first kappa shape index (κ1) is 14.2. The summed E-state index contributed by atoms with van der Waals surface area (Å²) in [7, 11) is 1.68. The van der Waals surface area contributed by atoms with Gasteiger partial charge in [-0.05, 0) is 25.3 Å². The highest BCUT2D eigenvalue weighted by molar-refractivity contribution is 5.61. The van der Waals surface area contributed by atoms with Crippen LogP contribution in [-0.4, -0.2) is 25.2 Å². The second-order valence-corrected chi connectivity index (χ2v) is 4.05. The van der Waals surface area contributed by atoms with Gasteiger partial charge in [-0.15, -0.1) is 0 Å². The fourth-order valence-corrected chi connectivity index (χ4v) is 1.62. The molecule has 0 fully saturated rings. The Morgan fingerprint density at radius 2 is 2.11 bits per heavy atom. The van der Waals surface area contributed by atoms with Gasteiger partial charge in [-0.2, -0.15) is 0 Å². The molecule has 0 heterocycles. The molecule has 0 aromatic heterocycles. The minimum Gasteiger partial charge on any atom is -0.398 e. The molecule has 0 saturated heterocycles. The summed E-state index contributed by atoms with van der Waals surface area (Å²) in [6.07, 6.45) is 3.08. The first-order chi connectivity index (χ1) is 8.63. The van der Waals surface area contributed by atoms with Crippen molar-refractivity contribution in [2.75, 3.05) is 31.3 Å². The molecule has 1 rings (SSSR count). The average molecular weight is 253 g/mol. The maximum absolute atomic E-state index is 10.7. The molecule has 100 valence electrons. The molecule has 0 atom stereocenters. The number of ether oxygens (including phenoxy) is 1. The van der Waals surface area contributed by atoms with E-state index >= 15 is 0 Å². The number of methoxy groups -OCH3 is 1. The zero-order chi connectivity index (χ0) is 13.4. The van der Waals surface area contributed by atoms with E-state index in [-0.39, 0.29) is 5.69 Å². The van der Waals surface area contributed by atoms with Gasteiger partial charge >= 0.3 is 0 Å². The van der Waals surface area contributed by atoms with Gasteiger partial charge in [0, 0.05) is 43.8 Å². The highest BCUT2D eigenvalue weighted by atomic mass is 16.6. The molecule has 0 bridgehead atoms. The fraction of sp³-hybridized carbons (Fsp3) is 0.500. The minimum atomic E-state index is -0.444. The highest BCUT2D eigenvalue weighted by Crippen LogP contribution is 2.22. The standard InChI is InChI=1S/C12H19N3O3/c1-18-6-4-2-3-5-14-11-7-10(13)8-12(9-11)15(16)17/h7-9,14H,2-6,13H2,1H3. The van der Waals surface area contributed by atoms with Crippen molar-refractivity contribution in [2.24, 2.45) is 0 Å². The molecule has 3 N–H and O–H groups in total. The minimum absolute atomic E-state index is 0.0110. The Morgan fingerprint density at radius 1 is 1.33 bits per heavy atom. The van der Waals surface area contributed by atoms with Gasteiger partial charge in [0.15, 0.2) is 0 Å². The van der Waals surface area contributed by atoms with E-state index in [1.54, 1.807) is 13.2 Å². The highest BCUT2D eigenvalue weighted by Gasteiger charge is 2.07. The quantitative estimate of drug-likeness (QED) is 0.321. The lowest BCUT2D eigenvalue weighted by atomic mass is 10.2. The molecule has 0 radical (unpaired) electrons. The van der Waals surface area contributed by atoms with Crippen LogP contribution in [0, 0.1) is 10.1 Å². The lowest BCUT2D eigenvalue weighted by Crippen LogP contribution is -2.03. The van der Waals surface area contributed by atoms with Crippen molar-refractivity contribution in [3.8, 4) is 0 Å². The summed E-state index contributed by atoms with van der Waals surface area (Å²) in [5.41, 5.74) is 6.70. The van der Waals surface area contributed by atoms with Crippen LogP contribution >= 0.6 is 0 Å². The second-order valence-electron chi connectivity index (χ2n) is 4.05. The number of unbranched alkanes of at least 4 members (excludes halogenated alkanes) is 2. The number of hydrogen-bond donors (Lipinski definition) is 2. The maximum atomic E-state index is 10.7. The summed E-state index contributed by atoms with van der Waals surface area (Å²) in [5.74, 6) is 0. The molecule has 6 heteroatoms. The van der Waals surface area contributed by atoms with Gasteiger partial charge in [0.05, 0.1) is 4.92 Å². The Kier molecular flexibility index (Phi) is 5.93. The molecular weight excluding hydrogens is 234 g/mol. The predicted octanol–water partition coefficient (Wildman–Crippen LogP) is 2.41. The van der Waals surface area contributed by atoms with Gasteiger partial charge in [0.25, 0.3) is 5.69 Å². The number of nitro groups is 1.